The van der Waals surface area contributed by atoms with Crippen molar-refractivity contribution < 1.29 is 9.13 Å². The minimum atomic E-state index is -0.203. The Bertz CT molecular complexity index is 873. The number of hydrogen-bond donors (Lipinski definition) is 0. The van der Waals surface area contributed by atoms with Crippen LogP contribution >= 0.6 is 11.6 Å². The maximum absolute atomic E-state index is 13.3. The monoisotopic (exact) mass is 410 g/mol. The molecule has 0 aromatic heterocycles. The minimum Gasteiger partial charge on any atom is -0.497 e. The molecule has 0 bridgehead atoms. The van der Waals surface area contributed by atoms with Gasteiger partial charge in [-0.2, -0.15) is 0 Å². The molecule has 0 saturated carbocycles. The molecule has 0 aliphatic carbocycles. The normalized spacial score (nSPS) is 17.6. The van der Waals surface area contributed by atoms with Crippen LogP contribution in [-0.2, 0) is 13.1 Å². The summed E-state index contributed by atoms with van der Waals surface area (Å²) in [5, 5.41) is 0.750. The molecule has 1 aliphatic rings. The van der Waals surface area contributed by atoms with Crippen molar-refractivity contribution in [3.05, 3.63) is 100 Å². The van der Waals surface area contributed by atoms with Gasteiger partial charge in [-0.1, -0.05) is 48.0 Å². The summed E-state index contributed by atoms with van der Waals surface area (Å²) < 4.78 is 18.6. The Hall–Kier alpha value is -2.40. The molecule has 4 rings (SSSR count). The second-order valence-electron chi connectivity index (χ2n) is 7.34. The van der Waals surface area contributed by atoms with Crippen LogP contribution in [0, 0.1) is 5.82 Å². The first-order valence-corrected chi connectivity index (χ1v) is 10.1. The van der Waals surface area contributed by atoms with Crippen LogP contribution in [0.15, 0.2) is 72.8 Å². The highest BCUT2D eigenvalue weighted by molar-refractivity contribution is 6.30. The first-order chi connectivity index (χ1) is 14.1. The van der Waals surface area contributed by atoms with Crippen molar-refractivity contribution in [2.45, 2.75) is 19.3 Å². The van der Waals surface area contributed by atoms with Crippen molar-refractivity contribution >= 4 is 11.6 Å². The SMILES string of the molecule is COc1ccc([C@H]2N(Cc3ccc(F)cc3)CCN2Cc2ccc(Cl)cc2)cc1. The molecule has 1 atom stereocenters. The van der Waals surface area contributed by atoms with Gasteiger partial charge in [-0.3, -0.25) is 9.80 Å². The van der Waals surface area contributed by atoms with E-state index in [0.29, 0.717) is 0 Å². The Morgan fingerprint density at radius 1 is 0.828 bits per heavy atom. The molecule has 0 radical (unpaired) electrons. The number of ether oxygens (including phenoxy) is 1. The number of benzene rings is 3. The lowest BCUT2D eigenvalue weighted by Gasteiger charge is -2.31. The van der Waals surface area contributed by atoms with E-state index < -0.39 is 0 Å². The van der Waals surface area contributed by atoms with Crippen LogP contribution in [0.3, 0.4) is 0 Å². The van der Waals surface area contributed by atoms with E-state index in [9.17, 15) is 4.39 Å². The van der Waals surface area contributed by atoms with E-state index in [1.807, 2.05) is 36.4 Å². The van der Waals surface area contributed by atoms with Gasteiger partial charge in [0.2, 0.25) is 0 Å². The molecular weight excluding hydrogens is 387 g/mol. The summed E-state index contributed by atoms with van der Waals surface area (Å²) in [6.45, 7) is 3.52. The Morgan fingerprint density at radius 2 is 1.34 bits per heavy atom. The zero-order valence-corrected chi connectivity index (χ0v) is 17.1. The van der Waals surface area contributed by atoms with Gasteiger partial charge in [-0.15, -0.1) is 0 Å². The average Bonchev–Trinajstić information content (AvgIpc) is 3.13. The molecule has 1 fully saturated rings. The molecule has 1 saturated heterocycles. The summed E-state index contributed by atoms with van der Waals surface area (Å²) in [6, 6.07) is 23.1. The van der Waals surface area contributed by atoms with Crippen LogP contribution < -0.4 is 4.74 Å². The van der Waals surface area contributed by atoms with Gasteiger partial charge < -0.3 is 4.74 Å². The molecule has 150 valence electrons. The molecular formula is C24H24ClFN2O. The van der Waals surface area contributed by atoms with E-state index in [4.69, 9.17) is 16.3 Å². The number of methoxy groups -OCH3 is 1. The van der Waals surface area contributed by atoms with Crippen LogP contribution in [0.4, 0.5) is 4.39 Å². The highest BCUT2D eigenvalue weighted by Gasteiger charge is 2.33. The maximum Gasteiger partial charge on any atom is 0.123 e. The fourth-order valence-corrected chi connectivity index (χ4v) is 4.04. The van der Waals surface area contributed by atoms with Gasteiger partial charge in [0, 0.05) is 31.2 Å². The van der Waals surface area contributed by atoms with Gasteiger partial charge in [0.05, 0.1) is 13.3 Å². The third kappa shape index (κ3) is 4.78. The van der Waals surface area contributed by atoms with Gasteiger partial charge in [0.25, 0.3) is 0 Å². The molecule has 3 aromatic rings. The molecule has 29 heavy (non-hydrogen) atoms. The molecule has 1 aliphatic heterocycles. The average molecular weight is 411 g/mol. The summed E-state index contributed by atoms with van der Waals surface area (Å²) in [5.41, 5.74) is 3.56. The molecule has 0 unspecified atom stereocenters. The summed E-state index contributed by atoms with van der Waals surface area (Å²) >= 11 is 6.05. The predicted octanol–water partition coefficient (Wildman–Crippen LogP) is 5.50. The molecule has 0 spiro atoms. The largest absolute Gasteiger partial charge is 0.497 e. The fraction of sp³-hybridized carbons (Fsp3) is 0.250. The van der Waals surface area contributed by atoms with E-state index in [2.05, 4.69) is 34.1 Å². The Kier molecular flexibility index (Phi) is 6.14. The second-order valence-corrected chi connectivity index (χ2v) is 7.78. The second kappa shape index (κ2) is 8.95. The first kappa shape index (κ1) is 19.9. The highest BCUT2D eigenvalue weighted by Crippen LogP contribution is 2.33. The number of halogens is 2. The lowest BCUT2D eigenvalue weighted by molar-refractivity contribution is 0.126. The summed E-state index contributed by atoms with van der Waals surface area (Å²) in [6.07, 6.45) is 0.140. The van der Waals surface area contributed by atoms with E-state index in [0.717, 1.165) is 42.5 Å². The van der Waals surface area contributed by atoms with Crippen molar-refractivity contribution in [3.63, 3.8) is 0 Å². The van der Waals surface area contributed by atoms with Crippen LogP contribution in [0.5, 0.6) is 5.75 Å². The third-order valence-corrected chi connectivity index (χ3v) is 5.63. The Balaban J connectivity index is 1.59. The third-order valence-electron chi connectivity index (χ3n) is 5.38. The van der Waals surface area contributed by atoms with Crippen LogP contribution in [0.1, 0.15) is 22.9 Å². The fourth-order valence-electron chi connectivity index (χ4n) is 3.91. The van der Waals surface area contributed by atoms with Gasteiger partial charge in [-0.05, 0) is 53.1 Å². The minimum absolute atomic E-state index is 0.140. The highest BCUT2D eigenvalue weighted by atomic mass is 35.5. The van der Waals surface area contributed by atoms with Gasteiger partial charge in [-0.25, -0.2) is 4.39 Å². The molecule has 1 heterocycles. The van der Waals surface area contributed by atoms with Gasteiger partial charge in [0.1, 0.15) is 11.6 Å². The van der Waals surface area contributed by atoms with Gasteiger partial charge >= 0.3 is 0 Å². The van der Waals surface area contributed by atoms with Crippen LogP contribution in [0.25, 0.3) is 0 Å². The smallest absolute Gasteiger partial charge is 0.123 e. The molecule has 5 heteroatoms. The topological polar surface area (TPSA) is 15.7 Å². The zero-order chi connectivity index (χ0) is 20.2. The quantitative estimate of drug-likeness (QED) is 0.533. The first-order valence-electron chi connectivity index (χ1n) is 9.73. The summed E-state index contributed by atoms with van der Waals surface area (Å²) in [5.74, 6) is 0.646. The van der Waals surface area contributed by atoms with Gasteiger partial charge in [0.15, 0.2) is 0 Å². The van der Waals surface area contributed by atoms with E-state index in [1.54, 1.807) is 7.11 Å². The summed E-state index contributed by atoms with van der Waals surface area (Å²) in [4.78, 5) is 4.90. The van der Waals surface area contributed by atoms with Crippen molar-refractivity contribution in [2.24, 2.45) is 0 Å². The Morgan fingerprint density at radius 3 is 1.86 bits per heavy atom. The lowest BCUT2D eigenvalue weighted by Crippen LogP contribution is -2.30. The Labute approximate surface area is 176 Å². The van der Waals surface area contributed by atoms with Crippen LogP contribution in [-0.4, -0.2) is 30.0 Å². The van der Waals surface area contributed by atoms with E-state index in [-0.39, 0.29) is 12.0 Å². The van der Waals surface area contributed by atoms with Crippen molar-refractivity contribution in [1.82, 2.24) is 9.80 Å². The summed E-state index contributed by atoms with van der Waals surface area (Å²) in [7, 11) is 1.68. The van der Waals surface area contributed by atoms with Crippen molar-refractivity contribution in [1.29, 1.82) is 0 Å². The molecule has 3 aromatic carbocycles. The number of hydrogen-bond acceptors (Lipinski definition) is 3. The van der Waals surface area contributed by atoms with E-state index in [1.165, 1.54) is 23.3 Å². The molecule has 0 N–H and O–H groups in total. The lowest BCUT2D eigenvalue weighted by atomic mass is 10.1. The standard InChI is InChI=1S/C24H24ClFN2O/c1-29-23-12-6-20(7-13-23)24-27(16-18-2-8-21(25)9-3-18)14-15-28(24)17-19-4-10-22(26)11-5-19/h2-13,24H,14-17H2,1H3/t24-/m1/s1. The van der Waals surface area contributed by atoms with E-state index >= 15 is 0 Å². The number of rotatable bonds is 6. The zero-order valence-electron chi connectivity index (χ0n) is 16.4. The van der Waals surface area contributed by atoms with Crippen molar-refractivity contribution in [2.75, 3.05) is 20.2 Å². The maximum atomic E-state index is 13.3. The molecule has 3 nitrogen and oxygen atoms in total. The number of nitrogens with zero attached hydrogens (tertiary/aromatic N) is 2. The van der Waals surface area contributed by atoms with Crippen molar-refractivity contribution in [3.8, 4) is 5.75 Å². The molecule has 0 amide bonds. The predicted molar refractivity (Wildman–Crippen MR) is 114 cm³/mol. The van der Waals surface area contributed by atoms with Crippen LogP contribution in [0.2, 0.25) is 5.02 Å².